The third kappa shape index (κ3) is 3.63. The van der Waals surface area contributed by atoms with E-state index in [4.69, 9.17) is 10.9 Å². The third-order valence-corrected chi connectivity index (χ3v) is 2.59. The Labute approximate surface area is 79.2 Å². The van der Waals surface area contributed by atoms with Gasteiger partial charge >= 0.3 is 0 Å². The van der Waals surface area contributed by atoms with Crippen LogP contribution in [0.3, 0.4) is 0 Å². The summed E-state index contributed by atoms with van der Waals surface area (Å²) in [6.45, 7) is 3.19. The number of nitrogens with two attached hydrogens (primary N) is 1. The van der Waals surface area contributed by atoms with Gasteiger partial charge in [0.2, 0.25) is 0 Å². The van der Waals surface area contributed by atoms with Crippen LogP contribution in [0.15, 0.2) is 5.16 Å². The molecule has 1 rings (SSSR count). The molecule has 0 saturated heterocycles. The van der Waals surface area contributed by atoms with E-state index in [0.29, 0.717) is 12.3 Å². The fourth-order valence-electron chi connectivity index (χ4n) is 1.56. The summed E-state index contributed by atoms with van der Waals surface area (Å²) < 4.78 is 0. The minimum Gasteiger partial charge on any atom is -0.409 e. The lowest BCUT2D eigenvalue weighted by Crippen LogP contribution is -2.21. The Kier molecular flexibility index (Phi) is 4.02. The van der Waals surface area contributed by atoms with Crippen molar-refractivity contribution in [3.63, 3.8) is 0 Å². The lowest BCUT2D eigenvalue weighted by molar-refractivity contribution is 0.316. The maximum atomic E-state index is 8.28. The number of nitrogens with zero attached hydrogens (tertiary/aromatic N) is 1. The molecule has 1 fully saturated rings. The predicted molar refractivity (Wildman–Crippen MR) is 52.8 cm³/mol. The summed E-state index contributed by atoms with van der Waals surface area (Å²) in [5.41, 5.74) is 5.33. The first-order valence-electron chi connectivity index (χ1n) is 4.97. The van der Waals surface area contributed by atoms with Gasteiger partial charge in [0.15, 0.2) is 0 Å². The largest absolute Gasteiger partial charge is 0.409 e. The Morgan fingerprint density at radius 3 is 3.00 bits per heavy atom. The zero-order valence-electron chi connectivity index (χ0n) is 8.16. The van der Waals surface area contributed by atoms with Crippen molar-refractivity contribution in [2.75, 3.05) is 6.54 Å². The lowest BCUT2D eigenvalue weighted by atomic mass is 10.3. The highest BCUT2D eigenvalue weighted by molar-refractivity contribution is 5.79. The summed E-state index contributed by atoms with van der Waals surface area (Å²) in [4.78, 5) is 0. The number of rotatable bonds is 6. The Hall–Kier alpha value is -0.770. The minimum atomic E-state index is 0.324. The van der Waals surface area contributed by atoms with E-state index in [1.165, 1.54) is 12.8 Å². The zero-order chi connectivity index (χ0) is 9.68. The maximum absolute atomic E-state index is 8.28. The molecule has 1 aliphatic rings. The SMILES string of the molecule is CCC1CC1NCCCC(N)=NO. The lowest BCUT2D eigenvalue weighted by Gasteiger charge is -2.02. The normalized spacial score (nSPS) is 27.6. The maximum Gasteiger partial charge on any atom is 0.139 e. The standard InChI is InChI=1S/C9H19N3O/c1-2-7-6-8(7)11-5-3-4-9(10)12-13/h7-8,11,13H,2-6H2,1H3,(H2,10,12). The van der Waals surface area contributed by atoms with Crippen LogP contribution >= 0.6 is 0 Å². The summed E-state index contributed by atoms with van der Waals surface area (Å²) >= 11 is 0. The number of nitrogens with one attached hydrogen (secondary N) is 1. The molecule has 1 aliphatic carbocycles. The van der Waals surface area contributed by atoms with E-state index in [2.05, 4.69) is 17.4 Å². The van der Waals surface area contributed by atoms with Crippen LogP contribution < -0.4 is 11.1 Å². The summed E-state index contributed by atoms with van der Waals surface area (Å²) in [6.07, 6.45) is 4.22. The summed E-state index contributed by atoms with van der Waals surface area (Å²) in [6, 6.07) is 0.734. The van der Waals surface area contributed by atoms with Gasteiger partial charge in [-0.1, -0.05) is 18.5 Å². The average Bonchev–Trinajstić information content (AvgIpc) is 2.90. The van der Waals surface area contributed by atoms with Crippen molar-refractivity contribution in [2.24, 2.45) is 16.8 Å². The zero-order valence-corrected chi connectivity index (χ0v) is 8.16. The molecule has 0 aromatic heterocycles. The van der Waals surface area contributed by atoms with Crippen molar-refractivity contribution in [1.29, 1.82) is 0 Å². The molecule has 13 heavy (non-hydrogen) atoms. The topological polar surface area (TPSA) is 70.6 Å². The minimum absolute atomic E-state index is 0.324. The second kappa shape index (κ2) is 5.07. The van der Waals surface area contributed by atoms with Crippen LogP contribution in [0.5, 0.6) is 0 Å². The first kappa shape index (κ1) is 10.3. The molecule has 0 radical (unpaired) electrons. The van der Waals surface area contributed by atoms with Crippen molar-refractivity contribution in [2.45, 2.75) is 38.6 Å². The molecule has 0 amide bonds. The van der Waals surface area contributed by atoms with Crippen molar-refractivity contribution >= 4 is 5.84 Å². The quantitative estimate of drug-likeness (QED) is 0.189. The third-order valence-electron chi connectivity index (χ3n) is 2.59. The molecule has 0 aromatic rings. The predicted octanol–water partition coefficient (Wildman–Crippen LogP) is 0.901. The molecular weight excluding hydrogens is 166 g/mol. The van der Waals surface area contributed by atoms with Crippen LogP contribution in [0.1, 0.15) is 32.6 Å². The first-order chi connectivity index (χ1) is 6.27. The van der Waals surface area contributed by atoms with Crippen molar-refractivity contribution < 1.29 is 5.21 Å². The van der Waals surface area contributed by atoms with E-state index in [-0.39, 0.29) is 0 Å². The smallest absolute Gasteiger partial charge is 0.139 e. The number of hydrogen-bond acceptors (Lipinski definition) is 3. The van der Waals surface area contributed by atoms with Crippen LogP contribution in [-0.4, -0.2) is 23.6 Å². The van der Waals surface area contributed by atoms with E-state index in [1.54, 1.807) is 0 Å². The second-order valence-electron chi connectivity index (χ2n) is 3.66. The van der Waals surface area contributed by atoms with Crippen molar-refractivity contribution in [3.8, 4) is 0 Å². The molecule has 0 spiro atoms. The molecule has 4 N–H and O–H groups in total. The Balaban J connectivity index is 1.91. The van der Waals surface area contributed by atoms with Gasteiger partial charge in [-0.15, -0.1) is 0 Å². The summed E-state index contributed by atoms with van der Waals surface area (Å²) in [7, 11) is 0. The molecule has 0 aromatic carbocycles. The van der Waals surface area contributed by atoms with E-state index in [9.17, 15) is 0 Å². The molecule has 0 bridgehead atoms. The highest BCUT2D eigenvalue weighted by atomic mass is 16.4. The number of amidine groups is 1. The van der Waals surface area contributed by atoms with Crippen molar-refractivity contribution in [1.82, 2.24) is 5.32 Å². The second-order valence-corrected chi connectivity index (χ2v) is 3.66. The van der Waals surface area contributed by atoms with Gasteiger partial charge in [-0.25, -0.2) is 0 Å². The number of oxime groups is 1. The van der Waals surface area contributed by atoms with Gasteiger partial charge in [0.25, 0.3) is 0 Å². The van der Waals surface area contributed by atoms with Gasteiger partial charge in [0.1, 0.15) is 5.84 Å². The average molecular weight is 185 g/mol. The van der Waals surface area contributed by atoms with Gasteiger partial charge in [-0.05, 0) is 25.3 Å². The van der Waals surface area contributed by atoms with Crippen molar-refractivity contribution in [3.05, 3.63) is 0 Å². The molecule has 4 heteroatoms. The molecule has 2 unspecified atom stereocenters. The van der Waals surface area contributed by atoms with Crippen LogP contribution in [0.4, 0.5) is 0 Å². The van der Waals surface area contributed by atoms with Gasteiger partial charge in [0, 0.05) is 12.5 Å². The van der Waals surface area contributed by atoms with Crippen LogP contribution in [0, 0.1) is 5.92 Å². The van der Waals surface area contributed by atoms with E-state index < -0.39 is 0 Å². The molecule has 4 nitrogen and oxygen atoms in total. The van der Waals surface area contributed by atoms with Crippen LogP contribution in [0.25, 0.3) is 0 Å². The van der Waals surface area contributed by atoms with Gasteiger partial charge in [0.05, 0.1) is 0 Å². The number of hydrogen-bond donors (Lipinski definition) is 3. The highest BCUT2D eigenvalue weighted by Gasteiger charge is 2.34. The highest BCUT2D eigenvalue weighted by Crippen LogP contribution is 2.32. The van der Waals surface area contributed by atoms with Crippen LogP contribution in [0.2, 0.25) is 0 Å². The van der Waals surface area contributed by atoms with Gasteiger partial charge in [-0.2, -0.15) is 0 Å². The molecule has 76 valence electrons. The first-order valence-corrected chi connectivity index (χ1v) is 4.97. The molecule has 2 atom stereocenters. The molecule has 0 heterocycles. The monoisotopic (exact) mass is 185 g/mol. The van der Waals surface area contributed by atoms with Gasteiger partial charge in [-0.3, -0.25) is 0 Å². The fraction of sp³-hybridized carbons (Fsp3) is 0.889. The molecule has 1 saturated carbocycles. The van der Waals surface area contributed by atoms with E-state index >= 15 is 0 Å². The summed E-state index contributed by atoms with van der Waals surface area (Å²) in [5.74, 6) is 1.22. The van der Waals surface area contributed by atoms with E-state index in [0.717, 1.165) is 24.9 Å². The fourth-order valence-corrected chi connectivity index (χ4v) is 1.56. The van der Waals surface area contributed by atoms with E-state index in [1.807, 2.05) is 0 Å². The summed E-state index contributed by atoms with van der Waals surface area (Å²) in [5, 5.41) is 14.6. The van der Waals surface area contributed by atoms with Gasteiger partial charge < -0.3 is 16.3 Å². The Bertz CT molecular complexity index is 182. The Morgan fingerprint density at radius 1 is 1.69 bits per heavy atom. The van der Waals surface area contributed by atoms with Crippen LogP contribution in [-0.2, 0) is 0 Å². The Morgan fingerprint density at radius 2 is 2.46 bits per heavy atom. The molecule has 0 aliphatic heterocycles. The molecular formula is C9H19N3O.